The van der Waals surface area contributed by atoms with Gasteiger partial charge in [0.15, 0.2) is 23.1 Å². The van der Waals surface area contributed by atoms with Gasteiger partial charge in [0.25, 0.3) is 0 Å². The largest absolute Gasteiger partial charge is 0.492 e. The first-order valence-electron chi connectivity index (χ1n) is 8.37. The van der Waals surface area contributed by atoms with E-state index in [1.165, 1.54) is 0 Å². The smallest absolute Gasteiger partial charge is 0.169 e. The van der Waals surface area contributed by atoms with Crippen molar-refractivity contribution in [2.24, 2.45) is 0 Å². The van der Waals surface area contributed by atoms with Gasteiger partial charge in [0.2, 0.25) is 0 Å². The molecule has 130 valence electrons. The lowest BCUT2D eigenvalue weighted by Crippen LogP contribution is -2.01. The van der Waals surface area contributed by atoms with Crippen LogP contribution in [0.15, 0.2) is 36.4 Å². The zero-order valence-corrected chi connectivity index (χ0v) is 15.1. The van der Waals surface area contributed by atoms with Gasteiger partial charge < -0.3 is 9.47 Å². The van der Waals surface area contributed by atoms with Crippen LogP contribution in [-0.4, -0.2) is 25.8 Å². The SMILES string of the molecule is COc1c(OC)c2ccc(C(C)=O)c3ccc4c(C(C)=O)ccc1c4c32. The maximum absolute atomic E-state index is 12.1. The molecule has 0 aliphatic rings. The highest BCUT2D eigenvalue weighted by Crippen LogP contribution is 2.48. The summed E-state index contributed by atoms with van der Waals surface area (Å²) in [5, 5.41) is 5.28. The Morgan fingerprint density at radius 3 is 1.27 bits per heavy atom. The van der Waals surface area contributed by atoms with Crippen LogP contribution in [0.3, 0.4) is 0 Å². The van der Waals surface area contributed by atoms with Crippen molar-refractivity contribution in [3.05, 3.63) is 47.5 Å². The van der Waals surface area contributed by atoms with Crippen molar-refractivity contribution in [3.8, 4) is 11.5 Å². The molecule has 0 aliphatic heterocycles. The summed E-state index contributed by atoms with van der Waals surface area (Å²) in [6.07, 6.45) is 0. The third kappa shape index (κ3) is 2.02. The molecule has 4 aromatic rings. The van der Waals surface area contributed by atoms with E-state index in [1.807, 2.05) is 36.4 Å². The fraction of sp³-hybridized carbons (Fsp3) is 0.182. The predicted molar refractivity (Wildman–Crippen MR) is 103 cm³/mol. The molecule has 0 bridgehead atoms. The van der Waals surface area contributed by atoms with Gasteiger partial charge >= 0.3 is 0 Å². The summed E-state index contributed by atoms with van der Waals surface area (Å²) < 4.78 is 11.3. The van der Waals surface area contributed by atoms with Gasteiger partial charge in [-0.2, -0.15) is 0 Å². The Balaban J connectivity index is 2.38. The van der Waals surface area contributed by atoms with E-state index < -0.39 is 0 Å². The second kappa shape index (κ2) is 5.70. The fourth-order valence-electron chi connectivity index (χ4n) is 3.93. The van der Waals surface area contributed by atoms with Gasteiger partial charge in [0.1, 0.15) is 0 Å². The lowest BCUT2D eigenvalue weighted by molar-refractivity contribution is 0.101. The van der Waals surface area contributed by atoms with Crippen molar-refractivity contribution >= 4 is 43.9 Å². The molecular formula is C22H18O4. The molecule has 0 saturated heterocycles. The van der Waals surface area contributed by atoms with Crippen molar-refractivity contribution < 1.29 is 19.1 Å². The van der Waals surface area contributed by atoms with Crippen molar-refractivity contribution in [2.75, 3.05) is 14.2 Å². The van der Waals surface area contributed by atoms with Gasteiger partial charge in [-0.3, -0.25) is 9.59 Å². The minimum Gasteiger partial charge on any atom is -0.492 e. The van der Waals surface area contributed by atoms with E-state index in [4.69, 9.17) is 9.47 Å². The van der Waals surface area contributed by atoms with Crippen molar-refractivity contribution in [3.63, 3.8) is 0 Å². The van der Waals surface area contributed by atoms with Crippen LogP contribution in [0.1, 0.15) is 34.6 Å². The minimum atomic E-state index is 0.000609. The average Bonchev–Trinajstić information content (AvgIpc) is 2.64. The summed E-state index contributed by atoms with van der Waals surface area (Å²) in [5.74, 6) is 1.26. The van der Waals surface area contributed by atoms with Gasteiger partial charge in [-0.25, -0.2) is 0 Å². The Morgan fingerprint density at radius 2 is 0.962 bits per heavy atom. The first-order chi connectivity index (χ1) is 12.5. The Hall–Kier alpha value is -3.14. The maximum Gasteiger partial charge on any atom is 0.169 e. The number of ketones is 2. The molecule has 0 aliphatic carbocycles. The zero-order chi connectivity index (χ0) is 18.6. The number of Topliss-reactive ketones (excluding diaryl/α,β-unsaturated/α-hetero) is 2. The molecule has 4 nitrogen and oxygen atoms in total. The van der Waals surface area contributed by atoms with E-state index in [9.17, 15) is 9.59 Å². The van der Waals surface area contributed by atoms with E-state index in [0.29, 0.717) is 22.6 Å². The quantitative estimate of drug-likeness (QED) is 0.385. The van der Waals surface area contributed by atoms with Crippen molar-refractivity contribution in [1.29, 1.82) is 0 Å². The molecule has 4 aromatic carbocycles. The summed E-state index contributed by atoms with van der Waals surface area (Å²) >= 11 is 0. The van der Waals surface area contributed by atoms with Gasteiger partial charge in [-0.15, -0.1) is 0 Å². The molecule has 0 spiro atoms. The number of ether oxygens (including phenoxy) is 2. The third-order valence-electron chi connectivity index (χ3n) is 5.02. The molecule has 0 unspecified atom stereocenters. The second-order valence-corrected chi connectivity index (χ2v) is 6.41. The van der Waals surface area contributed by atoms with E-state index in [0.717, 1.165) is 32.3 Å². The Labute approximate surface area is 150 Å². The molecule has 0 radical (unpaired) electrons. The highest BCUT2D eigenvalue weighted by molar-refractivity contribution is 6.31. The molecule has 0 amide bonds. The van der Waals surface area contributed by atoms with E-state index >= 15 is 0 Å². The van der Waals surface area contributed by atoms with E-state index in [1.54, 1.807) is 28.1 Å². The van der Waals surface area contributed by atoms with Gasteiger partial charge in [0.05, 0.1) is 14.2 Å². The second-order valence-electron chi connectivity index (χ2n) is 6.41. The van der Waals surface area contributed by atoms with E-state index in [2.05, 4.69) is 0 Å². The monoisotopic (exact) mass is 346 g/mol. The lowest BCUT2D eigenvalue weighted by atomic mass is 9.87. The minimum absolute atomic E-state index is 0.000609. The van der Waals surface area contributed by atoms with Crippen molar-refractivity contribution in [1.82, 2.24) is 0 Å². The molecule has 0 aromatic heterocycles. The van der Waals surface area contributed by atoms with Gasteiger partial charge in [0, 0.05) is 32.7 Å². The Kier molecular flexibility index (Phi) is 3.58. The molecule has 4 heteroatoms. The standard InChI is InChI=1S/C22H18O4/c1-11(23)13-5-9-17-19-15(13)7-8-16-14(12(2)24)6-10-18(20(16)19)22(26-4)21(17)25-3/h5-10H,1-4H3. The fourth-order valence-corrected chi connectivity index (χ4v) is 3.93. The van der Waals surface area contributed by atoms with Crippen LogP contribution in [0.2, 0.25) is 0 Å². The summed E-state index contributed by atoms with van der Waals surface area (Å²) in [7, 11) is 3.21. The molecule has 0 atom stereocenters. The van der Waals surface area contributed by atoms with Gasteiger partial charge in [-0.1, -0.05) is 24.3 Å². The number of carbonyl (C=O) groups excluding carboxylic acids is 2. The summed E-state index contributed by atoms with van der Waals surface area (Å²) in [6, 6.07) is 11.2. The van der Waals surface area contributed by atoms with Crippen LogP contribution in [0.25, 0.3) is 32.3 Å². The van der Waals surface area contributed by atoms with Gasteiger partial charge in [-0.05, 0) is 36.8 Å². The number of hydrogen-bond donors (Lipinski definition) is 0. The number of methoxy groups -OCH3 is 2. The molecule has 0 N–H and O–H groups in total. The first kappa shape index (κ1) is 16.3. The molecular weight excluding hydrogens is 328 g/mol. The van der Waals surface area contributed by atoms with Crippen molar-refractivity contribution in [2.45, 2.75) is 13.8 Å². The predicted octanol–water partition coefficient (Wildman–Crippen LogP) is 5.01. The van der Waals surface area contributed by atoms with Crippen LogP contribution >= 0.6 is 0 Å². The Bertz CT molecular complexity index is 1110. The Morgan fingerprint density at radius 1 is 0.615 bits per heavy atom. The van der Waals surface area contributed by atoms with Crippen LogP contribution in [0.5, 0.6) is 11.5 Å². The molecule has 0 heterocycles. The lowest BCUT2D eigenvalue weighted by Gasteiger charge is -2.20. The summed E-state index contributed by atoms with van der Waals surface area (Å²) in [6.45, 7) is 3.12. The number of benzene rings is 4. The summed E-state index contributed by atoms with van der Waals surface area (Å²) in [4.78, 5) is 24.3. The first-order valence-corrected chi connectivity index (χ1v) is 8.37. The van der Waals surface area contributed by atoms with Crippen LogP contribution in [0, 0.1) is 0 Å². The number of rotatable bonds is 4. The average molecular weight is 346 g/mol. The molecule has 26 heavy (non-hydrogen) atoms. The molecule has 4 rings (SSSR count). The zero-order valence-electron chi connectivity index (χ0n) is 15.1. The highest BCUT2D eigenvalue weighted by atomic mass is 16.5. The summed E-state index contributed by atoms with van der Waals surface area (Å²) in [5.41, 5.74) is 1.31. The maximum atomic E-state index is 12.1. The van der Waals surface area contributed by atoms with E-state index in [-0.39, 0.29) is 11.6 Å². The topological polar surface area (TPSA) is 52.6 Å². The van der Waals surface area contributed by atoms with Crippen LogP contribution in [0.4, 0.5) is 0 Å². The normalized spacial score (nSPS) is 11.4. The van der Waals surface area contributed by atoms with Crippen LogP contribution < -0.4 is 9.47 Å². The molecule has 0 fully saturated rings. The highest BCUT2D eigenvalue weighted by Gasteiger charge is 2.22. The van der Waals surface area contributed by atoms with Crippen LogP contribution in [-0.2, 0) is 0 Å². The number of hydrogen-bond acceptors (Lipinski definition) is 4. The molecule has 0 saturated carbocycles. The third-order valence-corrected chi connectivity index (χ3v) is 5.02. The number of carbonyl (C=O) groups is 2.